The van der Waals surface area contributed by atoms with E-state index in [-0.39, 0.29) is 108 Å². The standard InChI is InChI=1S/C11H22O2.C10H20O2.C10H18O.C9H18OS.C8H17NO.C8H16O2.C8H16O.C7H14O.C4H8OS/c1-8(2)7-10(12)5-6-11(13)9(3)4;1-7(2)9(6-11)5-10(12)8(3)4;1-6(2)8-5-9(8)10(11)7(3)4;1-7(2)5-11-6-9(10)8(3)4;1-6(2)8(10)5-9-7(3)4;1-6(2)8(9)5-10-7(3)4;1-6(2)5-8(9)7(3)4;1-5(2)7(8)6(3)4;1-4(5-2)6-3/h8-10,12H,5-7H2,1-4H3;7-9,11H,5-6H2,1-4H3;6-9H,5H2,1-4H3;7-8H,5-6H2,1-4H3;6-7,9H,5H2,1-4H3;6-7H,5H2,1-4H3;6-7H,5H2,1-4H3;5-6H,1-4H3;1H2,2-3H3. The molecule has 3 N–H and O–H groups in total. The molecule has 0 heterocycles. The van der Waals surface area contributed by atoms with Gasteiger partial charge in [0, 0.05) is 91.1 Å². The maximum atomic E-state index is 11.4. The molecular formula is C75H149NO12S2. The Morgan fingerprint density at radius 3 is 1.20 bits per heavy atom. The fourth-order valence-electron chi connectivity index (χ4n) is 6.85. The molecule has 0 aromatic rings. The normalized spacial score (nSPS) is 13.8. The van der Waals surface area contributed by atoms with Crippen molar-refractivity contribution in [2.45, 2.75) is 278 Å². The first-order valence-electron chi connectivity index (χ1n) is 34.2. The number of carbonyl (C=O) groups excluding carboxylic acids is 8. The molecule has 538 valence electrons. The number of thioether (sulfide) groups is 2. The van der Waals surface area contributed by atoms with Crippen molar-refractivity contribution in [1.82, 2.24) is 5.32 Å². The highest BCUT2D eigenvalue weighted by atomic mass is 32.2. The summed E-state index contributed by atoms with van der Waals surface area (Å²) in [5, 5.41) is 22.3. The second-order valence-electron chi connectivity index (χ2n) is 29.1. The van der Waals surface area contributed by atoms with Crippen LogP contribution in [0.15, 0.2) is 11.7 Å². The highest BCUT2D eigenvalue weighted by Crippen LogP contribution is 2.45. The predicted octanol–water partition coefficient (Wildman–Crippen LogP) is 17.8. The summed E-state index contributed by atoms with van der Waals surface area (Å²) in [7, 11) is 1.61. The van der Waals surface area contributed by atoms with Crippen molar-refractivity contribution in [3.63, 3.8) is 0 Å². The largest absolute Gasteiger partial charge is 0.491 e. The summed E-state index contributed by atoms with van der Waals surface area (Å²) >= 11 is 3.26. The molecule has 1 rings (SSSR count). The average molecular weight is 1320 g/mol. The maximum Gasteiger partial charge on any atom is 0.160 e. The number of hydrogen-bond acceptors (Lipinski definition) is 15. The zero-order valence-electron chi connectivity index (χ0n) is 64.8. The third kappa shape index (κ3) is 74.5. The van der Waals surface area contributed by atoms with Crippen LogP contribution in [0.5, 0.6) is 0 Å². The minimum atomic E-state index is -0.303. The van der Waals surface area contributed by atoms with Crippen molar-refractivity contribution in [1.29, 1.82) is 0 Å². The summed E-state index contributed by atoms with van der Waals surface area (Å²) in [6, 6.07) is 0.405. The Morgan fingerprint density at radius 1 is 0.533 bits per heavy atom. The Kier molecular flexibility index (Phi) is 72.0. The van der Waals surface area contributed by atoms with Gasteiger partial charge in [0.1, 0.15) is 52.2 Å². The van der Waals surface area contributed by atoms with Crippen LogP contribution in [0, 0.1) is 101 Å². The van der Waals surface area contributed by atoms with Crippen molar-refractivity contribution < 1.29 is 58.0 Å². The van der Waals surface area contributed by atoms with Crippen LogP contribution in [-0.2, 0) is 47.8 Å². The van der Waals surface area contributed by atoms with E-state index in [1.807, 2.05) is 172 Å². The van der Waals surface area contributed by atoms with E-state index >= 15 is 0 Å². The van der Waals surface area contributed by atoms with E-state index in [4.69, 9.17) is 9.84 Å². The minimum absolute atomic E-state index is 0.0952. The Labute approximate surface area is 565 Å². The first-order valence-corrected chi connectivity index (χ1v) is 36.6. The molecule has 1 aliphatic rings. The Bertz CT molecular complexity index is 1790. The topological polar surface area (TPSA) is 208 Å². The molecule has 4 atom stereocenters. The van der Waals surface area contributed by atoms with Gasteiger partial charge >= 0.3 is 0 Å². The van der Waals surface area contributed by atoms with Crippen LogP contribution < -0.4 is 5.32 Å². The van der Waals surface area contributed by atoms with Gasteiger partial charge in [0.15, 0.2) is 5.78 Å². The molecule has 13 nitrogen and oxygen atoms in total. The smallest absolute Gasteiger partial charge is 0.160 e. The molecule has 0 saturated heterocycles. The van der Waals surface area contributed by atoms with Crippen LogP contribution in [0.3, 0.4) is 0 Å². The number of carbonyl (C=O) groups is 8. The Balaban J connectivity index is -0.000000141. The summed E-state index contributed by atoms with van der Waals surface area (Å²) in [6.45, 7) is 68.2. The highest BCUT2D eigenvalue weighted by molar-refractivity contribution is 8.02. The van der Waals surface area contributed by atoms with E-state index in [1.165, 1.54) is 11.8 Å². The maximum absolute atomic E-state index is 11.4. The number of Topliss-reactive ketones (excluding diaryl/α,β-unsaturated/α-hetero) is 8. The zero-order valence-corrected chi connectivity index (χ0v) is 66.5. The van der Waals surface area contributed by atoms with Crippen molar-refractivity contribution in [2.24, 2.45) is 101 Å². The number of ketones is 8. The fourth-order valence-corrected chi connectivity index (χ4v) is 8.14. The predicted molar refractivity (Wildman–Crippen MR) is 390 cm³/mol. The molecule has 1 aliphatic carbocycles. The first-order chi connectivity index (χ1) is 41.0. The van der Waals surface area contributed by atoms with Gasteiger partial charge in [0.05, 0.1) is 31.6 Å². The number of rotatable bonds is 34. The van der Waals surface area contributed by atoms with E-state index in [0.717, 1.165) is 30.1 Å². The quantitative estimate of drug-likeness (QED) is 0.0512. The van der Waals surface area contributed by atoms with Gasteiger partial charge in [-0.25, -0.2) is 0 Å². The number of aliphatic hydroxyl groups excluding tert-OH is 2. The van der Waals surface area contributed by atoms with E-state index < -0.39 is 0 Å². The summed E-state index contributed by atoms with van der Waals surface area (Å²) in [6.07, 6.45) is 6.11. The van der Waals surface area contributed by atoms with Crippen LogP contribution in [0.25, 0.3) is 0 Å². The van der Waals surface area contributed by atoms with Gasteiger partial charge in [0.2, 0.25) is 0 Å². The number of methoxy groups -OCH3 is 1. The van der Waals surface area contributed by atoms with Crippen LogP contribution in [0.2, 0.25) is 0 Å². The molecule has 0 aliphatic heterocycles. The first kappa shape index (κ1) is 104. The van der Waals surface area contributed by atoms with Gasteiger partial charge in [0.25, 0.3) is 0 Å². The Morgan fingerprint density at radius 2 is 0.956 bits per heavy atom. The monoisotopic (exact) mass is 1320 g/mol. The lowest BCUT2D eigenvalue weighted by molar-refractivity contribution is -0.128. The third-order valence-corrected chi connectivity index (χ3v) is 15.8. The summed E-state index contributed by atoms with van der Waals surface area (Å²) in [5.41, 5.74) is 0. The van der Waals surface area contributed by atoms with Crippen molar-refractivity contribution in [3.05, 3.63) is 11.7 Å². The molecule has 1 saturated carbocycles. The van der Waals surface area contributed by atoms with E-state index in [0.29, 0.717) is 102 Å². The zero-order chi connectivity index (χ0) is 73.1. The number of ether oxygens (including phenoxy) is 2. The second kappa shape index (κ2) is 62.5. The van der Waals surface area contributed by atoms with Crippen LogP contribution in [-0.4, -0.2) is 119 Å². The van der Waals surface area contributed by atoms with Gasteiger partial charge in [-0.2, -0.15) is 11.8 Å². The SMILES string of the molecule is C=C(OC)SC.CC(C)C(=O)C(C)C.CC(C)C(=O)C1CC1C(C)C.CC(C)C(=O)CC(CO)C(C)C.CC(C)CC(=O)C(C)C.CC(C)CC(O)CCC(=O)C(C)C.CC(C)CSCC(=O)C(C)C.CC(C)NCC(=O)C(C)C.CC(C)OCC(=O)C(C)C. The molecule has 1 fully saturated rings. The number of aliphatic hydroxyl groups is 2. The van der Waals surface area contributed by atoms with Gasteiger partial charge < -0.3 is 25.0 Å². The molecule has 4 unspecified atom stereocenters. The van der Waals surface area contributed by atoms with E-state index in [1.54, 1.807) is 18.9 Å². The summed E-state index contributed by atoms with van der Waals surface area (Å²) in [5.74, 6) is 9.89. The van der Waals surface area contributed by atoms with Crippen molar-refractivity contribution in [2.75, 3.05) is 44.6 Å². The summed E-state index contributed by atoms with van der Waals surface area (Å²) in [4.78, 5) is 88.8. The van der Waals surface area contributed by atoms with Crippen LogP contribution in [0.4, 0.5) is 0 Å². The van der Waals surface area contributed by atoms with Crippen molar-refractivity contribution >= 4 is 69.8 Å². The summed E-state index contributed by atoms with van der Waals surface area (Å²) < 4.78 is 9.78. The lowest BCUT2D eigenvalue weighted by Crippen LogP contribution is -2.31. The van der Waals surface area contributed by atoms with Crippen LogP contribution >= 0.6 is 23.5 Å². The third-order valence-electron chi connectivity index (χ3n) is 13.7. The molecule has 0 radical (unpaired) electrons. The average Bonchev–Trinajstić information content (AvgIpc) is 1.79. The number of hydrogen-bond donors (Lipinski definition) is 3. The Hall–Kier alpha value is -2.56. The van der Waals surface area contributed by atoms with Gasteiger partial charge in [-0.15, -0.1) is 0 Å². The molecular weight excluding hydrogens is 1170 g/mol. The molecule has 0 aromatic carbocycles. The van der Waals surface area contributed by atoms with Gasteiger partial charge in [-0.1, -0.05) is 219 Å². The lowest BCUT2D eigenvalue weighted by atomic mass is 9.89. The van der Waals surface area contributed by atoms with E-state index in [9.17, 15) is 43.5 Å². The highest BCUT2D eigenvalue weighted by Gasteiger charge is 2.44. The van der Waals surface area contributed by atoms with Gasteiger partial charge in [-0.3, -0.25) is 38.4 Å². The van der Waals surface area contributed by atoms with E-state index in [2.05, 4.69) is 72.0 Å². The molecule has 0 spiro atoms. The molecule has 0 amide bonds. The fraction of sp³-hybridized carbons (Fsp3) is 0.867. The van der Waals surface area contributed by atoms with Crippen molar-refractivity contribution in [3.8, 4) is 0 Å². The molecule has 15 heteroatoms. The lowest BCUT2D eigenvalue weighted by Gasteiger charge is -2.17. The minimum Gasteiger partial charge on any atom is -0.491 e. The number of nitrogens with one attached hydrogen (secondary N) is 1. The second-order valence-corrected chi connectivity index (χ2v) is 31.0. The molecule has 90 heavy (non-hydrogen) atoms. The van der Waals surface area contributed by atoms with Gasteiger partial charge in [-0.05, 0) is 93.1 Å². The molecule has 0 bridgehead atoms. The van der Waals surface area contributed by atoms with Crippen LogP contribution in [0.1, 0.15) is 260 Å². The molecule has 0 aromatic heterocycles.